The Bertz CT molecular complexity index is 610. The van der Waals surface area contributed by atoms with E-state index in [4.69, 9.17) is 5.73 Å². The summed E-state index contributed by atoms with van der Waals surface area (Å²) in [4.78, 5) is 12.3. The molecule has 2 rings (SSSR count). The van der Waals surface area contributed by atoms with Gasteiger partial charge in [0.25, 0.3) is 0 Å². The first-order valence-corrected chi connectivity index (χ1v) is 6.64. The van der Waals surface area contributed by atoms with Crippen molar-refractivity contribution in [3.63, 3.8) is 0 Å². The molecule has 0 aliphatic carbocycles. The average Bonchev–Trinajstić information content (AvgIpc) is 2.80. The molecule has 0 saturated heterocycles. The summed E-state index contributed by atoms with van der Waals surface area (Å²) in [5.74, 6) is 0.294. The van der Waals surface area contributed by atoms with Gasteiger partial charge in [0.15, 0.2) is 0 Å². The van der Waals surface area contributed by atoms with Crippen molar-refractivity contribution in [1.82, 2.24) is 9.13 Å². The largest absolute Gasteiger partial charge is 0.332 e. The van der Waals surface area contributed by atoms with E-state index in [1.54, 1.807) is 9.13 Å². The van der Waals surface area contributed by atoms with Crippen LogP contribution < -0.4 is 11.4 Å². The molecule has 2 aromatic rings. The maximum absolute atomic E-state index is 12.3. The number of hydrogen-bond acceptors (Lipinski definition) is 2. The minimum Gasteiger partial charge on any atom is -0.330 e. The molecule has 0 fully saturated rings. The predicted molar refractivity (Wildman–Crippen MR) is 77.9 cm³/mol. The number of aromatic nitrogens is 2. The van der Waals surface area contributed by atoms with Crippen LogP contribution in [0.25, 0.3) is 5.69 Å². The van der Waals surface area contributed by atoms with Crippen LogP contribution in [0.4, 0.5) is 0 Å². The third-order valence-corrected chi connectivity index (χ3v) is 3.43. The Morgan fingerprint density at radius 2 is 1.95 bits per heavy atom. The molecule has 1 atom stereocenters. The van der Waals surface area contributed by atoms with E-state index in [0.29, 0.717) is 12.5 Å². The first-order valence-electron chi connectivity index (χ1n) is 6.64. The normalized spacial score (nSPS) is 12.9. The SMILES string of the molecule is CC(CN)c1cccc(-n2ccn(C(C)C)c2=O)c1. The molecular formula is C15H21N3O. The van der Waals surface area contributed by atoms with E-state index in [1.807, 2.05) is 50.5 Å². The Labute approximate surface area is 113 Å². The van der Waals surface area contributed by atoms with Gasteiger partial charge in [-0.15, -0.1) is 0 Å². The Kier molecular flexibility index (Phi) is 3.90. The van der Waals surface area contributed by atoms with Crippen LogP contribution in [0.1, 0.15) is 38.3 Å². The fourth-order valence-electron chi connectivity index (χ4n) is 2.10. The van der Waals surface area contributed by atoms with Gasteiger partial charge in [-0.1, -0.05) is 19.1 Å². The lowest BCUT2D eigenvalue weighted by Gasteiger charge is -2.11. The van der Waals surface area contributed by atoms with Crippen molar-refractivity contribution in [3.05, 3.63) is 52.7 Å². The second kappa shape index (κ2) is 5.45. The number of nitrogens with two attached hydrogens (primary N) is 1. The summed E-state index contributed by atoms with van der Waals surface area (Å²) in [5, 5.41) is 0. The highest BCUT2D eigenvalue weighted by atomic mass is 16.1. The monoisotopic (exact) mass is 259 g/mol. The van der Waals surface area contributed by atoms with Gasteiger partial charge in [-0.25, -0.2) is 4.79 Å². The molecule has 0 spiro atoms. The summed E-state index contributed by atoms with van der Waals surface area (Å²) in [6.07, 6.45) is 3.64. The van der Waals surface area contributed by atoms with Crippen molar-refractivity contribution < 1.29 is 0 Å². The molecule has 2 N–H and O–H groups in total. The maximum Gasteiger partial charge on any atom is 0.332 e. The van der Waals surface area contributed by atoms with Crippen LogP contribution in [-0.4, -0.2) is 15.7 Å². The van der Waals surface area contributed by atoms with Crippen molar-refractivity contribution >= 4 is 0 Å². The van der Waals surface area contributed by atoms with Crippen molar-refractivity contribution in [3.8, 4) is 5.69 Å². The molecule has 0 amide bonds. The fourth-order valence-corrected chi connectivity index (χ4v) is 2.10. The van der Waals surface area contributed by atoms with Crippen LogP contribution in [0.15, 0.2) is 41.5 Å². The molecule has 4 nitrogen and oxygen atoms in total. The lowest BCUT2D eigenvalue weighted by Crippen LogP contribution is -2.24. The molecule has 1 aromatic heterocycles. The zero-order valence-corrected chi connectivity index (χ0v) is 11.7. The van der Waals surface area contributed by atoms with E-state index < -0.39 is 0 Å². The van der Waals surface area contributed by atoms with Gasteiger partial charge in [-0.2, -0.15) is 0 Å². The summed E-state index contributed by atoms with van der Waals surface area (Å²) in [6, 6.07) is 8.16. The average molecular weight is 259 g/mol. The van der Waals surface area contributed by atoms with Gasteiger partial charge >= 0.3 is 5.69 Å². The highest BCUT2D eigenvalue weighted by Gasteiger charge is 2.09. The standard InChI is InChI=1S/C15H21N3O/c1-11(2)17-7-8-18(15(17)19)14-6-4-5-13(9-14)12(3)10-16/h4-9,11-12H,10,16H2,1-3H3. The van der Waals surface area contributed by atoms with Crippen molar-refractivity contribution in [1.29, 1.82) is 0 Å². The summed E-state index contributed by atoms with van der Waals surface area (Å²) in [6.45, 7) is 6.68. The third-order valence-electron chi connectivity index (χ3n) is 3.43. The lowest BCUT2D eigenvalue weighted by atomic mass is 10.0. The predicted octanol–water partition coefficient (Wildman–Crippen LogP) is 2.28. The first kappa shape index (κ1) is 13.6. The maximum atomic E-state index is 12.3. The van der Waals surface area contributed by atoms with Gasteiger partial charge in [0, 0.05) is 18.4 Å². The fraction of sp³-hybridized carbons (Fsp3) is 0.400. The van der Waals surface area contributed by atoms with E-state index in [-0.39, 0.29) is 11.7 Å². The van der Waals surface area contributed by atoms with Crippen molar-refractivity contribution in [2.24, 2.45) is 5.73 Å². The van der Waals surface area contributed by atoms with Gasteiger partial charge < -0.3 is 5.73 Å². The van der Waals surface area contributed by atoms with Gasteiger partial charge in [-0.05, 0) is 44.0 Å². The second-order valence-corrected chi connectivity index (χ2v) is 5.18. The summed E-state index contributed by atoms with van der Waals surface area (Å²) < 4.78 is 3.39. The number of hydrogen-bond donors (Lipinski definition) is 1. The van der Waals surface area contributed by atoms with E-state index in [9.17, 15) is 4.79 Å². The molecule has 0 radical (unpaired) electrons. The molecular weight excluding hydrogens is 238 g/mol. The molecule has 1 heterocycles. The molecule has 1 aromatic carbocycles. The number of rotatable bonds is 4. The summed E-state index contributed by atoms with van der Waals surface area (Å²) in [5.41, 5.74) is 7.73. The lowest BCUT2D eigenvalue weighted by molar-refractivity contribution is 0.574. The quantitative estimate of drug-likeness (QED) is 0.915. The van der Waals surface area contributed by atoms with Gasteiger partial charge in [0.2, 0.25) is 0 Å². The Morgan fingerprint density at radius 1 is 1.21 bits per heavy atom. The highest BCUT2D eigenvalue weighted by Crippen LogP contribution is 2.17. The molecule has 1 unspecified atom stereocenters. The molecule has 4 heteroatoms. The van der Waals surface area contributed by atoms with Gasteiger partial charge in [0.05, 0.1) is 5.69 Å². The minimum atomic E-state index is -0.00690. The van der Waals surface area contributed by atoms with Crippen LogP contribution in [-0.2, 0) is 0 Å². The molecule has 0 aliphatic heterocycles. The Hall–Kier alpha value is -1.81. The smallest absolute Gasteiger partial charge is 0.330 e. The zero-order chi connectivity index (χ0) is 14.0. The van der Waals surface area contributed by atoms with Crippen LogP contribution in [0.2, 0.25) is 0 Å². The van der Waals surface area contributed by atoms with Gasteiger partial charge in [-0.3, -0.25) is 9.13 Å². The van der Waals surface area contributed by atoms with Crippen molar-refractivity contribution in [2.45, 2.75) is 32.7 Å². The Morgan fingerprint density at radius 3 is 2.53 bits per heavy atom. The summed E-state index contributed by atoms with van der Waals surface area (Å²) >= 11 is 0. The third kappa shape index (κ3) is 2.63. The molecule has 0 saturated carbocycles. The molecule has 0 bridgehead atoms. The van der Waals surface area contributed by atoms with E-state index >= 15 is 0 Å². The van der Waals surface area contributed by atoms with Crippen LogP contribution >= 0.6 is 0 Å². The van der Waals surface area contributed by atoms with E-state index in [0.717, 1.165) is 11.3 Å². The molecule has 19 heavy (non-hydrogen) atoms. The van der Waals surface area contributed by atoms with Gasteiger partial charge in [0.1, 0.15) is 0 Å². The van der Waals surface area contributed by atoms with E-state index in [1.165, 1.54) is 0 Å². The minimum absolute atomic E-state index is 0.00690. The van der Waals surface area contributed by atoms with Crippen molar-refractivity contribution in [2.75, 3.05) is 6.54 Å². The number of nitrogens with zero attached hydrogens (tertiary/aromatic N) is 2. The second-order valence-electron chi connectivity index (χ2n) is 5.18. The summed E-state index contributed by atoms with van der Waals surface area (Å²) in [7, 11) is 0. The van der Waals surface area contributed by atoms with Crippen LogP contribution in [0.3, 0.4) is 0 Å². The first-order chi connectivity index (χ1) is 9.04. The zero-order valence-electron chi connectivity index (χ0n) is 11.7. The molecule has 102 valence electrons. The molecule has 0 aliphatic rings. The van der Waals surface area contributed by atoms with Crippen LogP contribution in [0.5, 0.6) is 0 Å². The topological polar surface area (TPSA) is 52.9 Å². The highest BCUT2D eigenvalue weighted by molar-refractivity contribution is 5.37. The number of imidazole rings is 1. The van der Waals surface area contributed by atoms with Crippen LogP contribution in [0, 0.1) is 0 Å². The number of benzene rings is 1. The Balaban J connectivity index is 2.45. The van der Waals surface area contributed by atoms with E-state index in [2.05, 4.69) is 6.92 Å².